The molecule has 0 saturated carbocycles. The van der Waals surface area contributed by atoms with E-state index in [1.54, 1.807) is 6.07 Å². The van der Waals surface area contributed by atoms with Crippen LogP contribution in [0.25, 0.3) is 0 Å². The number of hydrogen-bond acceptors (Lipinski definition) is 1. The summed E-state index contributed by atoms with van der Waals surface area (Å²) < 4.78 is 14.9. The van der Waals surface area contributed by atoms with Gasteiger partial charge in [-0.15, -0.1) is 0 Å². The van der Waals surface area contributed by atoms with Crippen LogP contribution in [0.2, 0.25) is 0 Å². The molecule has 2 aromatic rings. The molecule has 112 valence electrons. The molecule has 3 heteroatoms. The average Bonchev–Trinajstić information content (AvgIpc) is 2.45. The Morgan fingerprint density at radius 3 is 2.52 bits per heavy atom. The van der Waals surface area contributed by atoms with Crippen molar-refractivity contribution in [3.63, 3.8) is 0 Å². The third-order valence-corrected chi connectivity index (χ3v) is 4.19. The largest absolute Gasteiger partial charge is 0.314 e. The zero-order chi connectivity index (χ0) is 15.2. The molecule has 0 amide bonds. The van der Waals surface area contributed by atoms with Gasteiger partial charge in [-0.1, -0.05) is 47.1 Å². The van der Waals surface area contributed by atoms with Gasteiger partial charge in [-0.25, -0.2) is 4.39 Å². The Balaban J connectivity index is 2.16. The number of likely N-dealkylation sites (N-methyl/N-ethyl adjacent to an activating group) is 1. The Kier molecular flexibility index (Phi) is 5.95. The lowest BCUT2D eigenvalue weighted by Gasteiger charge is -2.19. The summed E-state index contributed by atoms with van der Waals surface area (Å²) in [7, 11) is 0. The molecular weight excluding hydrogens is 329 g/mol. The summed E-state index contributed by atoms with van der Waals surface area (Å²) in [4.78, 5) is 0. The third kappa shape index (κ3) is 4.65. The fourth-order valence-electron chi connectivity index (χ4n) is 2.57. The van der Waals surface area contributed by atoms with E-state index in [9.17, 15) is 4.39 Å². The first kappa shape index (κ1) is 16.2. The molecule has 0 saturated heterocycles. The Labute approximate surface area is 134 Å². The second-order valence-corrected chi connectivity index (χ2v) is 6.24. The van der Waals surface area contributed by atoms with Gasteiger partial charge >= 0.3 is 0 Å². The predicted octanol–water partition coefficient (Wildman–Crippen LogP) is 4.66. The van der Waals surface area contributed by atoms with Crippen LogP contribution in [-0.2, 0) is 12.8 Å². The summed E-state index contributed by atoms with van der Waals surface area (Å²) >= 11 is 3.42. The third-order valence-electron chi connectivity index (χ3n) is 3.69. The summed E-state index contributed by atoms with van der Waals surface area (Å²) in [5.41, 5.74) is 3.36. The molecule has 1 nitrogen and oxygen atoms in total. The SMILES string of the molecule is CCNC(Cc1ccccc1C)Cc1cc(Br)ccc1F. The van der Waals surface area contributed by atoms with E-state index in [4.69, 9.17) is 0 Å². The molecule has 0 heterocycles. The Hall–Kier alpha value is -1.19. The van der Waals surface area contributed by atoms with Crippen molar-refractivity contribution < 1.29 is 4.39 Å². The normalized spacial score (nSPS) is 12.4. The quantitative estimate of drug-likeness (QED) is 0.799. The lowest BCUT2D eigenvalue weighted by Crippen LogP contribution is -2.33. The Bertz CT molecular complexity index is 598. The van der Waals surface area contributed by atoms with Gasteiger partial charge in [-0.05, 0) is 61.2 Å². The second kappa shape index (κ2) is 7.71. The number of benzene rings is 2. The molecular formula is C18H21BrFN. The molecule has 0 spiro atoms. The molecule has 0 aliphatic rings. The van der Waals surface area contributed by atoms with E-state index in [1.165, 1.54) is 17.2 Å². The Morgan fingerprint density at radius 2 is 1.81 bits per heavy atom. The van der Waals surface area contributed by atoms with Crippen molar-refractivity contribution in [2.24, 2.45) is 0 Å². The zero-order valence-corrected chi connectivity index (χ0v) is 14.1. The molecule has 0 aromatic heterocycles. The van der Waals surface area contributed by atoms with Gasteiger partial charge in [0.15, 0.2) is 0 Å². The summed E-state index contributed by atoms with van der Waals surface area (Å²) in [6.45, 7) is 5.09. The van der Waals surface area contributed by atoms with Gasteiger partial charge in [0.05, 0.1) is 0 Å². The Morgan fingerprint density at radius 1 is 1.10 bits per heavy atom. The highest BCUT2D eigenvalue weighted by molar-refractivity contribution is 9.10. The first-order chi connectivity index (χ1) is 10.1. The smallest absolute Gasteiger partial charge is 0.126 e. The van der Waals surface area contributed by atoms with E-state index >= 15 is 0 Å². The van der Waals surface area contributed by atoms with Gasteiger partial charge in [0.2, 0.25) is 0 Å². The minimum absolute atomic E-state index is 0.133. The molecule has 0 fully saturated rings. The lowest BCUT2D eigenvalue weighted by molar-refractivity contribution is 0.505. The van der Waals surface area contributed by atoms with Crippen LogP contribution in [0.15, 0.2) is 46.9 Å². The lowest BCUT2D eigenvalue weighted by atomic mass is 9.96. The van der Waals surface area contributed by atoms with Crippen LogP contribution in [0.4, 0.5) is 4.39 Å². The van der Waals surface area contributed by atoms with Crippen LogP contribution in [0.1, 0.15) is 23.6 Å². The zero-order valence-electron chi connectivity index (χ0n) is 12.5. The predicted molar refractivity (Wildman–Crippen MR) is 90.2 cm³/mol. The maximum absolute atomic E-state index is 13.9. The second-order valence-electron chi connectivity index (χ2n) is 5.33. The molecule has 2 aromatic carbocycles. The number of aryl methyl sites for hydroxylation is 1. The first-order valence-corrected chi connectivity index (χ1v) is 8.11. The van der Waals surface area contributed by atoms with Crippen molar-refractivity contribution in [1.29, 1.82) is 0 Å². The van der Waals surface area contributed by atoms with Crippen molar-refractivity contribution in [3.05, 3.63) is 69.4 Å². The first-order valence-electron chi connectivity index (χ1n) is 7.32. The molecule has 0 aliphatic carbocycles. The van der Waals surface area contributed by atoms with E-state index in [2.05, 4.69) is 59.4 Å². The number of halogens is 2. The molecule has 1 N–H and O–H groups in total. The monoisotopic (exact) mass is 349 g/mol. The van der Waals surface area contributed by atoms with Crippen molar-refractivity contribution in [2.75, 3.05) is 6.54 Å². The van der Waals surface area contributed by atoms with E-state index in [1.807, 2.05) is 6.07 Å². The summed E-state index contributed by atoms with van der Waals surface area (Å²) in [5.74, 6) is -0.133. The molecule has 1 unspecified atom stereocenters. The minimum atomic E-state index is -0.133. The highest BCUT2D eigenvalue weighted by Crippen LogP contribution is 2.19. The highest BCUT2D eigenvalue weighted by Gasteiger charge is 2.13. The number of nitrogens with one attached hydrogen (secondary N) is 1. The standard InChI is InChI=1S/C18H21BrFN/c1-3-21-17(11-14-7-5-4-6-13(14)2)12-15-10-16(19)8-9-18(15)20/h4-10,17,21H,3,11-12H2,1-2H3. The van der Waals surface area contributed by atoms with Crippen molar-refractivity contribution in [1.82, 2.24) is 5.32 Å². The van der Waals surface area contributed by atoms with Crippen LogP contribution >= 0.6 is 15.9 Å². The van der Waals surface area contributed by atoms with Gasteiger partial charge in [-0.3, -0.25) is 0 Å². The molecule has 0 radical (unpaired) electrons. The molecule has 2 rings (SSSR count). The fraction of sp³-hybridized carbons (Fsp3) is 0.333. The van der Waals surface area contributed by atoms with Crippen molar-refractivity contribution in [2.45, 2.75) is 32.7 Å². The van der Waals surface area contributed by atoms with Gasteiger partial charge < -0.3 is 5.32 Å². The van der Waals surface area contributed by atoms with Crippen LogP contribution in [-0.4, -0.2) is 12.6 Å². The van der Waals surface area contributed by atoms with Crippen LogP contribution in [0.3, 0.4) is 0 Å². The number of rotatable bonds is 6. The van der Waals surface area contributed by atoms with E-state index < -0.39 is 0 Å². The van der Waals surface area contributed by atoms with E-state index in [0.29, 0.717) is 6.42 Å². The topological polar surface area (TPSA) is 12.0 Å². The van der Waals surface area contributed by atoms with Gasteiger partial charge in [-0.2, -0.15) is 0 Å². The molecule has 1 atom stereocenters. The maximum atomic E-state index is 13.9. The number of hydrogen-bond donors (Lipinski definition) is 1. The summed E-state index contributed by atoms with van der Waals surface area (Å²) in [5, 5.41) is 3.47. The highest BCUT2D eigenvalue weighted by atomic mass is 79.9. The summed E-state index contributed by atoms with van der Waals surface area (Å²) in [6, 6.07) is 13.8. The fourth-order valence-corrected chi connectivity index (χ4v) is 2.98. The van der Waals surface area contributed by atoms with Crippen molar-refractivity contribution >= 4 is 15.9 Å². The van der Waals surface area contributed by atoms with Gasteiger partial charge in [0, 0.05) is 10.5 Å². The molecule has 0 aliphatic heterocycles. The van der Waals surface area contributed by atoms with E-state index in [-0.39, 0.29) is 11.9 Å². The van der Waals surface area contributed by atoms with E-state index in [0.717, 1.165) is 23.0 Å². The van der Waals surface area contributed by atoms with Crippen LogP contribution < -0.4 is 5.32 Å². The summed E-state index contributed by atoms with van der Waals surface area (Å²) in [6.07, 6.45) is 1.60. The van der Waals surface area contributed by atoms with Crippen LogP contribution in [0, 0.1) is 12.7 Å². The van der Waals surface area contributed by atoms with Gasteiger partial charge in [0.25, 0.3) is 0 Å². The molecule has 0 bridgehead atoms. The average molecular weight is 350 g/mol. The van der Waals surface area contributed by atoms with Gasteiger partial charge in [0.1, 0.15) is 5.82 Å². The minimum Gasteiger partial charge on any atom is -0.314 e. The molecule has 21 heavy (non-hydrogen) atoms. The maximum Gasteiger partial charge on any atom is 0.126 e. The van der Waals surface area contributed by atoms with Crippen molar-refractivity contribution in [3.8, 4) is 0 Å². The van der Waals surface area contributed by atoms with Crippen LogP contribution in [0.5, 0.6) is 0 Å².